The summed E-state index contributed by atoms with van der Waals surface area (Å²) in [6.45, 7) is 2.33. The molecule has 3 rings (SSSR count). The second kappa shape index (κ2) is 5.25. The minimum Gasteiger partial charge on any atom is -0.375 e. The summed E-state index contributed by atoms with van der Waals surface area (Å²) in [6, 6.07) is 0.460. The van der Waals surface area contributed by atoms with E-state index in [1.54, 1.807) is 0 Å². The fourth-order valence-corrected chi connectivity index (χ4v) is 3.95. The summed E-state index contributed by atoms with van der Waals surface area (Å²) < 4.78 is 5.88. The van der Waals surface area contributed by atoms with E-state index in [-0.39, 0.29) is 0 Å². The van der Waals surface area contributed by atoms with Crippen molar-refractivity contribution in [3.63, 3.8) is 0 Å². The molecule has 5 atom stereocenters. The van der Waals surface area contributed by atoms with Gasteiger partial charge in [0.1, 0.15) is 0 Å². The van der Waals surface area contributed by atoms with Crippen LogP contribution in [0.3, 0.4) is 0 Å². The Bertz CT molecular complexity index is 259. The highest BCUT2D eigenvalue weighted by atomic mass is 16.5. The third-order valence-electron chi connectivity index (χ3n) is 4.89. The lowest BCUT2D eigenvalue weighted by Crippen LogP contribution is -2.36. The first-order valence-corrected chi connectivity index (χ1v) is 7.43. The molecule has 0 aromatic rings. The van der Waals surface area contributed by atoms with Crippen LogP contribution >= 0.6 is 0 Å². The van der Waals surface area contributed by atoms with Gasteiger partial charge in [0.15, 0.2) is 0 Å². The zero-order chi connectivity index (χ0) is 11.7. The Hall–Kier alpha value is -0.120. The lowest BCUT2D eigenvalue weighted by atomic mass is 9.85. The van der Waals surface area contributed by atoms with Crippen LogP contribution in [0.15, 0.2) is 0 Å². The van der Waals surface area contributed by atoms with Gasteiger partial charge in [0, 0.05) is 18.5 Å². The van der Waals surface area contributed by atoms with E-state index in [4.69, 9.17) is 10.5 Å². The molecule has 0 radical (unpaired) electrons. The molecule has 2 saturated heterocycles. The zero-order valence-corrected chi connectivity index (χ0v) is 10.7. The normalized spacial score (nSPS) is 45.4. The molecule has 3 N–H and O–H groups in total. The van der Waals surface area contributed by atoms with Gasteiger partial charge in [0.25, 0.3) is 0 Å². The Labute approximate surface area is 104 Å². The summed E-state index contributed by atoms with van der Waals surface area (Å²) in [5.74, 6) is 1.60. The lowest BCUT2D eigenvalue weighted by Gasteiger charge is -2.27. The standard InChI is InChI=1S/C14H26N2O/c15-12-3-1-2-10(6-12)8-16-9-11-7-13-4-5-14(11)17-13/h10-14,16H,1-9,15H2. The molecule has 2 heterocycles. The molecule has 2 aliphatic heterocycles. The van der Waals surface area contributed by atoms with Gasteiger partial charge >= 0.3 is 0 Å². The van der Waals surface area contributed by atoms with E-state index in [2.05, 4.69) is 5.32 Å². The number of rotatable bonds is 4. The first-order valence-electron chi connectivity index (χ1n) is 7.43. The van der Waals surface area contributed by atoms with Crippen LogP contribution in [0, 0.1) is 11.8 Å². The summed E-state index contributed by atoms with van der Waals surface area (Å²) in [5, 5.41) is 3.67. The highest BCUT2D eigenvalue weighted by Gasteiger charge is 2.40. The van der Waals surface area contributed by atoms with Crippen LogP contribution in [0.4, 0.5) is 0 Å². The van der Waals surface area contributed by atoms with Crippen molar-refractivity contribution in [2.75, 3.05) is 13.1 Å². The smallest absolute Gasteiger partial charge is 0.0621 e. The first kappa shape index (κ1) is 11.9. The van der Waals surface area contributed by atoms with E-state index < -0.39 is 0 Å². The van der Waals surface area contributed by atoms with Crippen LogP contribution in [-0.2, 0) is 4.74 Å². The molecule has 5 unspecified atom stereocenters. The van der Waals surface area contributed by atoms with Crippen LogP contribution in [0.25, 0.3) is 0 Å². The van der Waals surface area contributed by atoms with Crippen LogP contribution in [0.2, 0.25) is 0 Å². The maximum atomic E-state index is 6.02. The van der Waals surface area contributed by atoms with Crippen molar-refractivity contribution in [2.24, 2.45) is 17.6 Å². The van der Waals surface area contributed by atoms with Crippen molar-refractivity contribution in [3.05, 3.63) is 0 Å². The van der Waals surface area contributed by atoms with Gasteiger partial charge in [-0.25, -0.2) is 0 Å². The Kier molecular flexibility index (Phi) is 3.69. The van der Waals surface area contributed by atoms with Gasteiger partial charge in [-0.3, -0.25) is 0 Å². The second-order valence-corrected chi connectivity index (χ2v) is 6.32. The molecule has 1 saturated carbocycles. The maximum Gasteiger partial charge on any atom is 0.0621 e. The van der Waals surface area contributed by atoms with E-state index >= 15 is 0 Å². The quantitative estimate of drug-likeness (QED) is 0.783. The number of fused-ring (bicyclic) bond motifs is 2. The van der Waals surface area contributed by atoms with Gasteiger partial charge in [0.2, 0.25) is 0 Å². The van der Waals surface area contributed by atoms with Gasteiger partial charge in [-0.15, -0.1) is 0 Å². The molecule has 2 bridgehead atoms. The third-order valence-corrected chi connectivity index (χ3v) is 4.89. The van der Waals surface area contributed by atoms with Crippen molar-refractivity contribution in [3.8, 4) is 0 Å². The average Bonchev–Trinajstić information content (AvgIpc) is 2.91. The van der Waals surface area contributed by atoms with Crippen molar-refractivity contribution in [2.45, 2.75) is 63.2 Å². The molecule has 3 nitrogen and oxygen atoms in total. The molecule has 0 aromatic carbocycles. The van der Waals surface area contributed by atoms with Crippen molar-refractivity contribution < 1.29 is 4.74 Å². The SMILES string of the molecule is NC1CCCC(CNCC2CC3CCC2O3)C1. The Morgan fingerprint density at radius 3 is 2.71 bits per heavy atom. The molecule has 3 fully saturated rings. The van der Waals surface area contributed by atoms with E-state index in [0.29, 0.717) is 18.2 Å². The van der Waals surface area contributed by atoms with Crippen LogP contribution in [0.5, 0.6) is 0 Å². The van der Waals surface area contributed by atoms with Crippen LogP contribution in [0.1, 0.15) is 44.9 Å². The molecule has 1 aliphatic carbocycles. The van der Waals surface area contributed by atoms with Crippen LogP contribution < -0.4 is 11.1 Å². The molecule has 0 spiro atoms. The summed E-state index contributed by atoms with van der Waals surface area (Å²) in [7, 11) is 0. The van der Waals surface area contributed by atoms with Gasteiger partial charge < -0.3 is 15.8 Å². The number of hydrogen-bond acceptors (Lipinski definition) is 3. The lowest BCUT2D eigenvalue weighted by molar-refractivity contribution is 0.0921. The Balaban J connectivity index is 1.35. The maximum absolute atomic E-state index is 6.02. The molecule has 17 heavy (non-hydrogen) atoms. The van der Waals surface area contributed by atoms with E-state index in [0.717, 1.165) is 18.4 Å². The number of hydrogen-bond donors (Lipinski definition) is 2. The molecule has 0 amide bonds. The predicted octanol–water partition coefficient (Wildman–Crippen LogP) is 1.66. The minimum atomic E-state index is 0.460. The second-order valence-electron chi connectivity index (χ2n) is 6.32. The predicted molar refractivity (Wildman–Crippen MR) is 68.8 cm³/mol. The Morgan fingerprint density at radius 1 is 1.06 bits per heavy atom. The molecule has 3 heteroatoms. The molecule has 0 aromatic heterocycles. The van der Waals surface area contributed by atoms with Gasteiger partial charge in [-0.2, -0.15) is 0 Å². The topological polar surface area (TPSA) is 47.3 Å². The van der Waals surface area contributed by atoms with Crippen molar-refractivity contribution >= 4 is 0 Å². The van der Waals surface area contributed by atoms with Gasteiger partial charge in [-0.1, -0.05) is 6.42 Å². The first-order chi connectivity index (χ1) is 8.31. The van der Waals surface area contributed by atoms with Crippen LogP contribution in [-0.4, -0.2) is 31.3 Å². The Morgan fingerprint density at radius 2 is 2.00 bits per heavy atom. The summed E-state index contributed by atoms with van der Waals surface area (Å²) >= 11 is 0. The van der Waals surface area contributed by atoms with Gasteiger partial charge in [0.05, 0.1) is 12.2 Å². The molecule has 3 aliphatic rings. The average molecular weight is 238 g/mol. The number of nitrogens with two attached hydrogens (primary N) is 1. The molecule has 98 valence electrons. The number of ether oxygens (including phenoxy) is 1. The summed E-state index contributed by atoms with van der Waals surface area (Å²) in [4.78, 5) is 0. The largest absolute Gasteiger partial charge is 0.375 e. The van der Waals surface area contributed by atoms with Crippen molar-refractivity contribution in [1.82, 2.24) is 5.32 Å². The fraction of sp³-hybridized carbons (Fsp3) is 1.00. The zero-order valence-electron chi connectivity index (χ0n) is 10.7. The minimum absolute atomic E-state index is 0.460. The summed E-state index contributed by atoms with van der Waals surface area (Å²) in [5.41, 5.74) is 6.02. The highest BCUT2D eigenvalue weighted by molar-refractivity contribution is 4.90. The number of nitrogens with one attached hydrogen (secondary N) is 1. The molecular formula is C14H26N2O. The molecular weight excluding hydrogens is 212 g/mol. The van der Waals surface area contributed by atoms with E-state index in [1.165, 1.54) is 51.5 Å². The van der Waals surface area contributed by atoms with E-state index in [1.807, 2.05) is 0 Å². The fourth-order valence-electron chi connectivity index (χ4n) is 3.95. The highest BCUT2D eigenvalue weighted by Crippen LogP contribution is 2.38. The van der Waals surface area contributed by atoms with E-state index in [9.17, 15) is 0 Å². The monoisotopic (exact) mass is 238 g/mol. The third kappa shape index (κ3) is 2.83. The van der Waals surface area contributed by atoms with Gasteiger partial charge in [-0.05, 0) is 51.0 Å². The van der Waals surface area contributed by atoms with Crippen molar-refractivity contribution in [1.29, 1.82) is 0 Å². The summed E-state index contributed by atoms with van der Waals surface area (Å²) in [6.07, 6.45) is 10.2.